The van der Waals surface area contributed by atoms with E-state index in [-0.39, 0.29) is 6.10 Å². The summed E-state index contributed by atoms with van der Waals surface area (Å²) < 4.78 is 43.8. The molecule has 0 aliphatic heterocycles. The Hall–Kier alpha value is -3.06. The molecule has 7 heteroatoms. The van der Waals surface area contributed by atoms with E-state index in [0.717, 1.165) is 23.5 Å². The van der Waals surface area contributed by atoms with Crippen molar-refractivity contribution in [2.45, 2.75) is 13.0 Å². The Kier molecular flexibility index (Phi) is 6.62. The zero-order valence-electron chi connectivity index (χ0n) is 16.5. The largest absolute Gasteiger partial charge is 0.673 e. The maximum absolute atomic E-state index is 9.75. The van der Waals surface area contributed by atoms with Gasteiger partial charge in [-0.15, -0.1) is 0 Å². The average Bonchev–Trinajstić information content (AvgIpc) is 2.71. The molecule has 4 rings (SSSR count). The van der Waals surface area contributed by atoms with Gasteiger partial charge in [0.1, 0.15) is 6.61 Å². The topological polar surface area (TPSA) is 24.8 Å². The van der Waals surface area contributed by atoms with Crippen molar-refractivity contribution < 1.29 is 22.0 Å². The minimum Gasteiger partial charge on any atom is -0.425 e. The van der Waals surface area contributed by atoms with Crippen LogP contribution in [-0.4, -0.2) is 18.6 Å². The lowest BCUT2D eigenvalue weighted by Crippen LogP contribution is -2.12. The molecule has 3 aromatic rings. The molecule has 1 atom stereocenters. The van der Waals surface area contributed by atoms with Gasteiger partial charge >= 0.3 is 7.25 Å². The first-order chi connectivity index (χ1) is 14.3. The summed E-state index contributed by atoms with van der Waals surface area (Å²) in [6.07, 6.45) is 6.35. The molecule has 0 bridgehead atoms. The molecule has 2 N–H and O–H groups in total. The molecule has 1 aliphatic carbocycles. The molecule has 0 amide bonds. The van der Waals surface area contributed by atoms with Crippen molar-refractivity contribution >= 4 is 41.6 Å². The van der Waals surface area contributed by atoms with Crippen LogP contribution in [0.2, 0.25) is 0 Å². The Labute approximate surface area is 173 Å². The Morgan fingerprint density at radius 3 is 2.37 bits per heavy atom. The minimum atomic E-state index is -6.00. The number of nitrogens with one attached hydrogen (secondary N) is 1. The average molecular weight is 415 g/mol. The normalized spacial score (nSPS) is 14.8. The Morgan fingerprint density at radius 1 is 1.03 bits per heavy atom. The van der Waals surface area contributed by atoms with Gasteiger partial charge in [0.25, 0.3) is 0 Å². The maximum atomic E-state index is 9.75. The molecule has 2 nitrogen and oxygen atoms in total. The lowest BCUT2D eigenvalue weighted by molar-refractivity contribution is -0.0723. The summed E-state index contributed by atoms with van der Waals surface area (Å²) in [6, 6.07) is 19.1. The van der Waals surface area contributed by atoms with E-state index in [1.807, 2.05) is 6.08 Å². The standard InChI is InChI=1S/C23H21NO.BF4/c1-3-16-8-12-19(13-9-16)24-20-14-10-17-6-5-7-18-11-15-21(25-4-2)23(20)22(17)18;2-1(3,4)5/h3,5-15,21,24H,1,4H2,2H3;/q;-1/p+1. The number of ether oxygens (including phenoxy) is 1. The molecule has 1 aliphatic rings. The van der Waals surface area contributed by atoms with Gasteiger partial charge in [0.2, 0.25) is 6.10 Å². The molecule has 1 unspecified atom stereocenters. The molecule has 0 heterocycles. The summed E-state index contributed by atoms with van der Waals surface area (Å²) in [5.41, 5.74) is 5.85. The van der Waals surface area contributed by atoms with Gasteiger partial charge in [-0.2, -0.15) is 0 Å². The van der Waals surface area contributed by atoms with E-state index >= 15 is 0 Å². The summed E-state index contributed by atoms with van der Waals surface area (Å²) in [6.45, 7) is 6.71. The highest BCUT2D eigenvalue weighted by Gasteiger charge is 2.25. The van der Waals surface area contributed by atoms with Crippen molar-refractivity contribution in [3.05, 3.63) is 83.9 Å². The van der Waals surface area contributed by atoms with Crippen LogP contribution in [0.4, 0.5) is 28.6 Å². The van der Waals surface area contributed by atoms with Crippen LogP contribution < -0.4 is 5.32 Å². The Bertz CT molecular complexity index is 1060. The summed E-state index contributed by atoms with van der Waals surface area (Å²) >= 11 is 0. The second-order valence-electron chi connectivity index (χ2n) is 6.72. The SMILES string of the molecule is C=Cc1ccc(Nc2ccc3cccc4c3c2C([OH+]CC)C=C4)cc1.F[B-](F)(F)F. The molecule has 0 radical (unpaired) electrons. The van der Waals surface area contributed by atoms with E-state index in [2.05, 4.69) is 85.6 Å². The van der Waals surface area contributed by atoms with Crippen LogP contribution in [0.25, 0.3) is 22.9 Å². The highest BCUT2D eigenvalue weighted by Crippen LogP contribution is 2.40. The number of benzene rings is 3. The van der Waals surface area contributed by atoms with E-state index in [1.54, 1.807) is 0 Å². The van der Waals surface area contributed by atoms with Gasteiger partial charge in [-0.3, -0.25) is 0 Å². The maximum Gasteiger partial charge on any atom is 0.673 e. The van der Waals surface area contributed by atoms with Gasteiger partial charge in [-0.05, 0) is 40.8 Å². The predicted molar refractivity (Wildman–Crippen MR) is 118 cm³/mol. The number of anilines is 2. The van der Waals surface area contributed by atoms with Crippen molar-refractivity contribution in [3.8, 4) is 0 Å². The van der Waals surface area contributed by atoms with Crippen molar-refractivity contribution in [2.75, 3.05) is 11.9 Å². The third kappa shape index (κ3) is 5.30. The first-order valence-electron chi connectivity index (χ1n) is 9.57. The van der Waals surface area contributed by atoms with Crippen molar-refractivity contribution in [2.24, 2.45) is 0 Å². The Morgan fingerprint density at radius 2 is 1.73 bits per heavy atom. The first-order valence-corrected chi connectivity index (χ1v) is 9.57. The third-order valence-corrected chi connectivity index (χ3v) is 4.68. The molecule has 0 aromatic heterocycles. The molecule has 0 fully saturated rings. The Balaban J connectivity index is 0.000000461. The molecule has 0 saturated heterocycles. The van der Waals surface area contributed by atoms with Crippen LogP contribution in [0.5, 0.6) is 0 Å². The monoisotopic (exact) mass is 415 g/mol. The molecule has 156 valence electrons. The van der Waals surface area contributed by atoms with E-state index in [0.29, 0.717) is 0 Å². The van der Waals surface area contributed by atoms with Gasteiger partial charge in [0, 0.05) is 18.0 Å². The highest BCUT2D eigenvalue weighted by atomic mass is 19.5. The molecular formula is C23H22BF4NO. The zero-order chi connectivity index (χ0) is 21.7. The van der Waals surface area contributed by atoms with Crippen molar-refractivity contribution in [1.82, 2.24) is 0 Å². The molecule has 0 saturated carbocycles. The number of hydrogen-bond acceptors (Lipinski definition) is 1. The van der Waals surface area contributed by atoms with Gasteiger partial charge in [0.05, 0.1) is 11.3 Å². The number of halogens is 4. The third-order valence-electron chi connectivity index (χ3n) is 4.68. The number of rotatable bonds is 5. The molecule has 0 spiro atoms. The number of hydrogen-bond donors (Lipinski definition) is 1. The summed E-state index contributed by atoms with van der Waals surface area (Å²) in [5.74, 6) is 0. The fraction of sp³-hybridized carbons (Fsp3) is 0.130. The summed E-state index contributed by atoms with van der Waals surface area (Å²) in [4.78, 5) is 0. The fourth-order valence-corrected chi connectivity index (χ4v) is 3.49. The van der Waals surface area contributed by atoms with Crippen LogP contribution in [0.15, 0.2) is 67.3 Å². The summed E-state index contributed by atoms with van der Waals surface area (Å²) in [7, 11) is -6.00. The van der Waals surface area contributed by atoms with Crippen LogP contribution >= 0.6 is 0 Å². The zero-order valence-corrected chi connectivity index (χ0v) is 16.5. The summed E-state index contributed by atoms with van der Waals surface area (Å²) in [5, 5.41) is 6.16. The van der Waals surface area contributed by atoms with Gasteiger partial charge < -0.3 is 27.3 Å². The van der Waals surface area contributed by atoms with Gasteiger partial charge in [0.15, 0.2) is 0 Å². The molecule has 3 aromatic carbocycles. The van der Waals surface area contributed by atoms with Crippen LogP contribution in [0.3, 0.4) is 0 Å². The second-order valence-corrected chi connectivity index (χ2v) is 6.72. The van der Waals surface area contributed by atoms with Crippen LogP contribution in [0, 0.1) is 0 Å². The smallest absolute Gasteiger partial charge is 0.425 e. The van der Waals surface area contributed by atoms with E-state index in [1.165, 1.54) is 21.9 Å². The fourth-order valence-electron chi connectivity index (χ4n) is 3.49. The highest BCUT2D eigenvalue weighted by molar-refractivity contribution is 6.50. The second kappa shape index (κ2) is 9.18. The van der Waals surface area contributed by atoms with Crippen molar-refractivity contribution in [3.63, 3.8) is 0 Å². The minimum absolute atomic E-state index is 0.0959. The van der Waals surface area contributed by atoms with Gasteiger partial charge in [-0.25, -0.2) is 0 Å². The lowest BCUT2D eigenvalue weighted by Gasteiger charge is -2.22. The van der Waals surface area contributed by atoms with E-state index in [9.17, 15) is 17.3 Å². The number of aliphatic hydroxyl groups is 2. The van der Waals surface area contributed by atoms with E-state index < -0.39 is 7.25 Å². The lowest BCUT2D eigenvalue weighted by atomic mass is 9.90. The predicted octanol–water partition coefficient (Wildman–Crippen LogP) is 7.14. The van der Waals surface area contributed by atoms with Crippen LogP contribution in [-0.2, 0) is 0 Å². The molecule has 30 heavy (non-hydrogen) atoms. The van der Waals surface area contributed by atoms with Gasteiger partial charge in [-0.1, -0.05) is 55.1 Å². The van der Waals surface area contributed by atoms with Crippen molar-refractivity contribution in [1.29, 1.82) is 0 Å². The molecular weight excluding hydrogens is 393 g/mol. The first kappa shape index (κ1) is 21.6. The van der Waals surface area contributed by atoms with E-state index in [4.69, 9.17) is 4.74 Å². The van der Waals surface area contributed by atoms with Crippen LogP contribution in [0.1, 0.15) is 29.7 Å². The quantitative estimate of drug-likeness (QED) is 0.267.